The molecular formula is C21H19Cl2N3O6. The van der Waals surface area contributed by atoms with Crippen LogP contribution in [0.25, 0.3) is 11.1 Å². The van der Waals surface area contributed by atoms with Gasteiger partial charge in [0.15, 0.2) is 5.60 Å². The van der Waals surface area contributed by atoms with E-state index in [1.807, 2.05) is 17.3 Å². The van der Waals surface area contributed by atoms with Gasteiger partial charge in [-0.2, -0.15) is 5.16 Å². The molecule has 32 heavy (non-hydrogen) atoms. The van der Waals surface area contributed by atoms with E-state index in [2.05, 4.69) is 5.43 Å². The Kier molecular flexibility index (Phi) is 7.05. The molecule has 0 saturated carbocycles. The largest absolute Gasteiger partial charge is 0.479 e. The second-order valence-electron chi connectivity index (χ2n) is 7.31. The summed E-state index contributed by atoms with van der Waals surface area (Å²) in [5, 5.41) is 23.6. The number of hydrogen-bond acceptors (Lipinski definition) is 6. The number of carboxylic acids is 1. The Labute approximate surface area is 192 Å². The topological polar surface area (TPSA) is 136 Å². The number of carboxylic acid groups (broad SMARTS) is 1. The van der Waals surface area contributed by atoms with Gasteiger partial charge in [0.05, 0.1) is 12.6 Å². The zero-order chi connectivity index (χ0) is 23.5. The first-order valence-electron chi connectivity index (χ1n) is 9.29. The number of aromatic amines is 1. The van der Waals surface area contributed by atoms with Crippen LogP contribution in [0.15, 0.2) is 57.8 Å². The van der Waals surface area contributed by atoms with Gasteiger partial charge in [0.2, 0.25) is 5.76 Å². The molecule has 11 heteroatoms. The number of aliphatic carboxylic acids is 1. The smallest absolute Gasteiger partial charge is 0.336 e. The summed E-state index contributed by atoms with van der Waals surface area (Å²) in [5.74, 6) is -2.53. The van der Waals surface area contributed by atoms with Gasteiger partial charge >= 0.3 is 11.9 Å². The first kappa shape index (κ1) is 23.6. The molecule has 1 heterocycles. The lowest BCUT2D eigenvalue weighted by molar-refractivity contribution is -0.159. The molecule has 0 bridgehead atoms. The molecule has 4 N–H and O–H groups in total. The van der Waals surface area contributed by atoms with Crippen molar-refractivity contribution in [1.82, 2.24) is 15.6 Å². The van der Waals surface area contributed by atoms with Gasteiger partial charge in [-0.05, 0) is 41.8 Å². The summed E-state index contributed by atoms with van der Waals surface area (Å²) in [7, 11) is 0. The number of hydrogen-bond donors (Lipinski definition) is 4. The summed E-state index contributed by atoms with van der Waals surface area (Å²) < 4.78 is 4.76. The van der Waals surface area contributed by atoms with E-state index in [-0.39, 0.29) is 12.3 Å². The molecule has 0 aliphatic rings. The van der Waals surface area contributed by atoms with E-state index in [0.29, 0.717) is 15.6 Å². The van der Waals surface area contributed by atoms with Gasteiger partial charge in [0.25, 0.3) is 5.56 Å². The number of aliphatic hydroxyl groups is 1. The summed E-state index contributed by atoms with van der Waals surface area (Å²) in [6.45, 7) is 0.728. The quantitative estimate of drug-likeness (QED) is 0.364. The second kappa shape index (κ2) is 9.58. The second-order valence-corrected chi connectivity index (χ2v) is 8.18. The lowest BCUT2D eigenvalue weighted by atomic mass is 10.0. The molecule has 0 aliphatic carbocycles. The van der Waals surface area contributed by atoms with Crippen molar-refractivity contribution in [2.75, 3.05) is 6.54 Å². The monoisotopic (exact) mass is 479 g/mol. The van der Waals surface area contributed by atoms with Crippen LogP contribution in [-0.2, 0) is 11.3 Å². The minimum atomic E-state index is -2.15. The van der Waals surface area contributed by atoms with Crippen molar-refractivity contribution < 1.29 is 24.3 Å². The van der Waals surface area contributed by atoms with Gasteiger partial charge < -0.3 is 14.7 Å². The van der Waals surface area contributed by atoms with Crippen LogP contribution in [0.4, 0.5) is 0 Å². The van der Waals surface area contributed by atoms with Crippen LogP contribution in [0.5, 0.6) is 0 Å². The molecule has 0 radical (unpaired) electrons. The Morgan fingerprint density at radius 1 is 1.09 bits per heavy atom. The molecule has 0 aliphatic heterocycles. The van der Waals surface area contributed by atoms with Crippen LogP contribution >= 0.6 is 23.2 Å². The minimum Gasteiger partial charge on any atom is -0.479 e. The lowest BCUT2D eigenvalue weighted by Crippen LogP contribution is -2.52. The first-order valence-corrected chi connectivity index (χ1v) is 10.0. The number of nitrogens with one attached hydrogen (secondary N) is 2. The Balaban J connectivity index is 1.80. The van der Waals surface area contributed by atoms with Crippen molar-refractivity contribution in [3.63, 3.8) is 0 Å². The number of rotatable bonds is 8. The molecule has 9 nitrogen and oxygen atoms in total. The fourth-order valence-corrected chi connectivity index (χ4v) is 3.44. The van der Waals surface area contributed by atoms with Gasteiger partial charge in [0.1, 0.15) is 0 Å². The van der Waals surface area contributed by atoms with Gasteiger partial charge in [-0.25, -0.2) is 9.80 Å². The highest BCUT2D eigenvalue weighted by molar-refractivity contribution is 6.35. The molecule has 1 unspecified atom stereocenters. The third-order valence-electron chi connectivity index (χ3n) is 4.49. The number of amides is 1. The molecule has 0 spiro atoms. The van der Waals surface area contributed by atoms with E-state index in [1.165, 1.54) is 5.01 Å². The number of halogens is 2. The highest BCUT2D eigenvalue weighted by Gasteiger charge is 2.33. The van der Waals surface area contributed by atoms with Crippen molar-refractivity contribution in [3.8, 4) is 11.1 Å². The van der Waals surface area contributed by atoms with E-state index in [1.54, 1.807) is 30.3 Å². The Morgan fingerprint density at radius 2 is 1.72 bits per heavy atom. The van der Waals surface area contributed by atoms with Crippen LogP contribution in [0, 0.1) is 0 Å². The first-order chi connectivity index (χ1) is 15.0. The van der Waals surface area contributed by atoms with Gasteiger partial charge in [0, 0.05) is 16.6 Å². The van der Waals surface area contributed by atoms with Crippen molar-refractivity contribution in [2.45, 2.75) is 19.1 Å². The molecular weight excluding hydrogens is 461 g/mol. The van der Waals surface area contributed by atoms with Crippen LogP contribution in [0.3, 0.4) is 0 Å². The third-order valence-corrected chi connectivity index (χ3v) is 4.93. The predicted molar refractivity (Wildman–Crippen MR) is 117 cm³/mol. The van der Waals surface area contributed by atoms with Crippen molar-refractivity contribution in [2.24, 2.45) is 0 Å². The number of hydrazine groups is 1. The van der Waals surface area contributed by atoms with E-state index in [0.717, 1.165) is 24.1 Å². The molecule has 0 saturated heterocycles. The fourth-order valence-electron chi connectivity index (χ4n) is 2.91. The average molecular weight is 480 g/mol. The van der Waals surface area contributed by atoms with E-state index in [4.69, 9.17) is 27.7 Å². The standard InChI is InChI=1S/C21H19Cl2N3O6/c1-21(31,20(29)30)11-26(24-19(28)17-9-18(27)25-32-17)10-12-2-4-13(5-3-12)14-6-15(22)8-16(23)7-14/h2-9,31H,10-11H2,1H3,(H,24,28)(H,25,27)(H,29,30). The Morgan fingerprint density at radius 3 is 2.25 bits per heavy atom. The van der Waals surface area contributed by atoms with Gasteiger partial charge in [-0.3, -0.25) is 15.0 Å². The maximum Gasteiger partial charge on any atom is 0.336 e. The third kappa shape index (κ3) is 5.98. The molecule has 168 valence electrons. The van der Waals surface area contributed by atoms with E-state index in [9.17, 15) is 24.6 Å². The van der Waals surface area contributed by atoms with Crippen molar-refractivity contribution in [3.05, 3.63) is 80.3 Å². The molecule has 3 rings (SSSR count). The summed E-state index contributed by atoms with van der Waals surface area (Å²) in [5.41, 5.74) is 2.07. The summed E-state index contributed by atoms with van der Waals surface area (Å²) in [6, 6.07) is 13.3. The van der Waals surface area contributed by atoms with E-state index < -0.39 is 29.6 Å². The van der Waals surface area contributed by atoms with Gasteiger partial charge in [-0.1, -0.05) is 47.5 Å². The summed E-state index contributed by atoms with van der Waals surface area (Å²) >= 11 is 12.1. The SMILES string of the molecule is CC(O)(CN(Cc1ccc(-c2cc(Cl)cc(Cl)c2)cc1)NC(=O)c1cc(=O)[nH]o1)C(=O)O. The number of carbonyl (C=O) groups excluding carboxylic acids is 1. The van der Waals surface area contributed by atoms with E-state index >= 15 is 0 Å². The zero-order valence-electron chi connectivity index (χ0n) is 16.8. The van der Waals surface area contributed by atoms with Crippen LogP contribution < -0.4 is 11.0 Å². The van der Waals surface area contributed by atoms with Gasteiger partial charge in [-0.15, -0.1) is 0 Å². The Hall–Kier alpha value is -3.11. The number of H-pyrrole nitrogens is 1. The predicted octanol–water partition coefficient (Wildman–Crippen LogP) is 2.92. The lowest BCUT2D eigenvalue weighted by Gasteiger charge is -2.28. The molecule has 1 atom stereocenters. The normalized spacial score (nSPS) is 13.0. The number of nitrogens with zero attached hydrogens (tertiary/aromatic N) is 1. The highest BCUT2D eigenvalue weighted by Crippen LogP contribution is 2.27. The fraction of sp³-hybridized carbons (Fsp3) is 0.190. The van der Waals surface area contributed by atoms with Crippen molar-refractivity contribution >= 4 is 35.1 Å². The molecule has 1 aromatic heterocycles. The number of benzene rings is 2. The zero-order valence-corrected chi connectivity index (χ0v) is 18.3. The molecule has 3 aromatic rings. The number of carbonyl (C=O) groups is 2. The maximum absolute atomic E-state index is 12.4. The van der Waals surface area contributed by atoms with Crippen LogP contribution in [0.2, 0.25) is 10.0 Å². The molecule has 2 aromatic carbocycles. The molecule has 1 amide bonds. The number of aromatic nitrogens is 1. The maximum atomic E-state index is 12.4. The average Bonchev–Trinajstić information content (AvgIpc) is 3.14. The minimum absolute atomic E-state index is 0.0560. The van der Waals surface area contributed by atoms with Crippen LogP contribution in [-0.4, -0.2) is 44.4 Å². The van der Waals surface area contributed by atoms with Crippen LogP contribution in [0.1, 0.15) is 23.0 Å². The highest BCUT2D eigenvalue weighted by atomic mass is 35.5. The summed E-state index contributed by atoms with van der Waals surface area (Å²) in [4.78, 5) is 34.9. The summed E-state index contributed by atoms with van der Waals surface area (Å²) in [6.07, 6.45) is 0. The van der Waals surface area contributed by atoms with Crippen molar-refractivity contribution in [1.29, 1.82) is 0 Å². The molecule has 0 fully saturated rings. The Bertz CT molecular complexity index is 1170.